The molecule has 6 nitrogen and oxygen atoms in total. The summed E-state index contributed by atoms with van der Waals surface area (Å²) in [5.41, 5.74) is 2.50. The number of hydrogen-bond donors (Lipinski definition) is 0. The molecular formula is C21H22N2O4. The Morgan fingerprint density at radius 2 is 1.89 bits per heavy atom. The number of anilines is 1. The number of ether oxygens (including phenoxy) is 1. The van der Waals surface area contributed by atoms with Crippen molar-refractivity contribution in [2.24, 2.45) is 0 Å². The first-order valence-corrected chi connectivity index (χ1v) is 9.19. The Hall–Kier alpha value is -2.86. The molecule has 2 aliphatic rings. The molecular weight excluding hydrogens is 344 g/mol. The minimum absolute atomic E-state index is 0.0274. The quantitative estimate of drug-likeness (QED) is 0.833. The summed E-state index contributed by atoms with van der Waals surface area (Å²) < 4.78 is 5.30. The number of methoxy groups -OCH3 is 1. The minimum atomic E-state index is -0.449. The maximum absolute atomic E-state index is 13.2. The summed E-state index contributed by atoms with van der Waals surface area (Å²) in [7, 11) is 1.62. The lowest BCUT2D eigenvalue weighted by Crippen LogP contribution is -2.45. The first-order valence-electron chi connectivity index (χ1n) is 9.19. The Morgan fingerprint density at radius 3 is 2.67 bits per heavy atom. The van der Waals surface area contributed by atoms with Gasteiger partial charge in [-0.15, -0.1) is 5.06 Å². The number of benzene rings is 2. The van der Waals surface area contributed by atoms with Gasteiger partial charge in [0.05, 0.1) is 18.4 Å². The van der Waals surface area contributed by atoms with Crippen LogP contribution in [-0.4, -0.2) is 43.2 Å². The standard InChI is InChI=1S/C21H22N2O4/c1-26-17-10-9-15-11-13-22(19(15)14-17)20(24)18-8-5-12-23(18)27-21(25)16-6-3-2-4-7-16/h2-4,6-7,9-10,14,18H,5,8,11-13H2,1H3/t18-/m0/s1. The van der Waals surface area contributed by atoms with Gasteiger partial charge in [0.25, 0.3) is 0 Å². The van der Waals surface area contributed by atoms with Gasteiger partial charge in [0.15, 0.2) is 0 Å². The van der Waals surface area contributed by atoms with E-state index in [1.165, 1.54) is 5.06 Å². The molecule has 0 saturated carbocycles. The number of fused-ring (bicyclic) bond motifs is 1. The summed E-state index contributed by atoms with van der Waals surface area (Å²) in [6, 6.07) is 14.2. The van der Waals surface area contributed by atoms with Crippen LogP contribution in [0.3, 0.4) is 0 Å². The molecule has 0 aromatic heterocycles. The predicted molar refractivity (Wildman–Crippen MR) is 101 cm³/mol. The molecule has 4 rings (SSSR count). The molecule has 0 unspecified atom stereocenters. The molecule has 1 saturated heterocycles. The fourth-order valence-electron chi connectivity index (χ4n) is 3.72. The highest BCUT2D eigenvalue weighted by Gasteiger charge is 2.38. The second kappa shape index (κ2) is 7.40. The molecule has 2 aromatic rings. The molecule has 1 amide bonds. The van der Waals surface area contributed by atoms with E-state index < -0.39 is 12.0 Å². The predicted octanol–water partition coefficient (Wildman–Crippen LogP) is 2.82. The smallest absolute Gasteiger partial charge is 0.357 e. The number of rotatable bonds is 4. The second-order valence-corrected chi connectivity index (χ2v) is 6.78. The van der Waals surface area contributed by atoms with Gasteiger partial charge >= 0.3 is 5.97 Å². The Kier molecular flexibility index (Phi) is 4.81. The van der Waals surface area contributed by atoms with Gasteiger partial charge < -0.3 is 14.5 Å². The van der Waals surface area contributed by atoms with Gasteiger partial charge in [-0.2, -0.15) is 0 Å². The molecule has 2 heterocycles. The lowest BCUT2D eigenvalue weighted by Gasteiger charge is -2.27. The van der Waals surface area contributed by atoms with Crippen molar-refractivity contribution >= 4 is 17.6 Å². The Morgan fingerprint density at radius 1 is 1.07 bits per heavy atom. The second-order valence-electron chi connectivity index (χ2n) is 6.78. The van der Waals surface area contributed by atoms with Crippen LogP contribution in [0.2, 0.25) is 0 Å². The highest BCUT2D eigenvalue weighted by Crippen LogP contribution is 2.33. The van der Waals surface area contributed by atoms with Gasteiger partial charge in [0, 0.05) is 19.2 Å². The molecule has 0 spiro atoms. The van der Waals surface area contributed by atoms with Crippen LogP contribution in [0.15, 0.2) is 48.5 Å². The zero-order chi connectivity index (χ0) is 18.8. The molecule has 140 valence electrons. The van der Waals surface area contributed by atoms with Crippen LogP contribution < -0.4 is 9.64 Å². The maximum Gasteiger partial charge on any atom is 0.357 e. The molecule has 2 aliphatic heterocycles. The Bertz CT molecular complexity index is 853. The van der Waals surface area contributed by atoms with E-state index in [4.69, 9.17) is 9.57 Å². The molecule has 1 atom stereocenters. The van der Waals surface area contributed by atoms with E-state index in [2.05, 4.69) is 0 Å². The third-order valence-electron chi connectivity index (χ3n) is 5.15. The first-order chi connectivity index (χ1) is 13.2. The molecule has 0 bridgehead atoms. The Labute approximate surface area is 158 Å². The normalized spacial score (nSPS) is 19.0. The summed E-state index contributed by atoms with van der Waals surface area (Å²) in [5.74, 6) is 0.270. The lowest BCUT2D eigenvalue weighted by molar-refractivity contribution is -0.146. The molecule has 0 N–H and O–H groups in total. The van der Waals surface area contributed by atoms with Gasteiger partial charge in [-0.05, 0) is 43.0 Å². The molecule has 27 heavy (non-hydrogen) atoms. The number of hydrogen-bond acceptors (Lipinski definition) is 5. The number of amides is 1. The zero-order valence-corrected chi connectivity index (χ0v) is 15.3. The summed E-state index contributed by atoms with van der Waals surface area (Å²) in [6.07, 6.45) is 2.32. The van der Waals surface area contributed by atoms with Crippen LogP contribution >= 0.6 is 0 Å². The average molecular weight is 366 g/mol. The number of carbonyl (C=O) groups is 2. The monoisotopic (exact) mass is 366 g/mol. The molecule has 1 fully saturated rings. The van der Waals surface area contributed by atoms with E-state index >= 15 is 0 Å². The number of nitrogens with zero attached hydrogens (tertiary/aromatic N) is 2. The molecule has 6 heteroatoms. The first kappa shape index (κ1) is 17.5. The van der Waals surface area contributed by atoms with E-state index in [0.29, 0.717) is 25.1 Å². The van der Waals surface area contributed by atoms with Crippen LogP contribution in [-0.2, 0) is 16.1 Å². The topological polar surface area (TPSA) is 59.1 Å². The highest BCUT2D eigenvalue weighted by molar-refractivity contribution is 5.99. The number of hydroxylamine groups is 2. The van der Waals surface area contributed by atoms with Crippen molar-refractivity contribution in [2.75, 3.05) is 25.1 Å². The Balaban J connectivity index is 1.50. The van der Waals surface area contributed by atoms with Crippen molar-refractivity contribution in [3.63, 3.8) is 0 Å². The van der Waals surface area contributed by atoms with Crippen LogP contribution in [0.5, 0.6) is 5.75 Å². The van der Waals surface area contributed by atoms with E-state index in [9.17, 15) is 9.59 Å². The van der Waals surface area contributed by atoms with Crippen molar-refractivity contribution in [2.45, 2.75) is 25.3 Å². The van der Waals surface area contributed by atoms with Crippen LogP contribution in [0.25, 0.3) is 0 Å². The largest absolute Gasteiger partial charge is 0.497 e. The van der Waals surface area contributed by atoms with Gasteiger partial charge in [0.2, 0.25) is 5.91 Å². The summed E-state index contributed by atoms with van der Waals surface area (Å²) in [5, 5.41) is 1.54. The van der Waals surface area contributed by atoms with Gasteiger partial charge in [0.1, 0.15) is 11.8 Å². The molecule has 0 radical (unpaired) electrons. The average Bonchev–Trinajstić information content (AvgIpc) is 3.34. The summed E-state index contributed by atoms with van der Waals surface area (Å²) in [4.78, 5) is 32.9. The van der Waals surface area contributed by atoms with Gasteiger partial charge in [-0.25, -0.2) is 4.79 Å². The highest BCUT2D eigenvalue weighted by atomic mass is 16.7. The van der Waals surface area contributed by atoms with Crippen molar-refractivity contribution in [3.8, 4) is 5.75 Å². The van der Waals surface area contributed by atoms with Gasteiger partial charge in [-0.3, -0.25) is 4.79 Å². The zero-order valence-electron chi connectivity index (χ0n) is 15.3. The van der Waals surface area contributed by atoms with Crippen molar-refractivity contribution < 1.29 is 19.2 Å². The number of carbonyl (C=O) groups excluding carboxylic acids is 2. The SMILES string of the molecule is COc1ccc2c(c1)N(C(=O)[C@@H]1CCCN1OC(=O)c1ccccc1)CC2. The van der Waals surface area contributed by atoms with E-state index in [1.807, 2.05) is 24.3 Å². The van der Waals surface area contributed by atoms with E-state index in [1.54, 1.807) is 36.3 Å². The van der Waals surface area contributed by atoms with Gasteiger partial charge in [-0.1, -0.05) is 24.3 Å². The van der Waals surface area contributed by atoms with Crippen molar-refractivity contribution in [1.82, 2.24) is 5.06 Å². The van der Waals surface area contributed by atoms with Crippen molar-refractivity contribution in [3.05, 3.63) is 59.7 Å². The minimum Gasteiger partial charge on any atom is -0.497 e. The van der Waals surface area contributed by atoms with E-state index in [0.717, 1.165) is 29.8 Å². The van der Waals surface area contributed by atoms with Crippen LogP contribution in [0, 0.1) is 0 Å². The third-order valence-corrected chi connectivity index (χ3v) is 5.15. The summed E-state index contributed by atoms with van der Waals surface area (Å²) >= 11 is 0. The molecule has 2 aromatic carbocycles. The fourth-order valence-corrected chi connectivity index (χ4v) is 3.72. The summed E-state index contributed by atoms with van der Waals surface area (Å²) in [6.45, 7) is 1.20. The van der Waals surface area contributed by atoms with Crippen molar-refractivity contribution in [1.29, 1.82) is 0 Å². The van der Waals surface area contributed by atoms with E-state index in [-0.39, 0.29) is 5.91 Å². The fraction of sp³-hybridized carbons (Fsp3) is 0.333. The third kappa shape index (κ3) is 3.40. The molecule has 0 aliphatic carbocycles. The van der Waals surface area contributed by atoms with Crippen LogP contribution in [0.4, 0.5) is 5.69 Å². The lowest BCUT2D eigenvalue weighted by atomic mass is 10.1. The van der Waals surface area contributed by atoms with Crippen LogP contribution in [0.1, 0.15) is 28.8 Å². The maximum atomic E-state index is 13.2.